The van der Waals surface area contributed by atoms with Gasteiger partial charge in [-0.25, -0.2) is 14.8 Å². The van der Waals surface area contributed by atoms with Gasteiger partial charge in [0, 0.05) is 27.1 Å². The van der Waals surface area contributed by atoms with Crippen molar-refractivity contribution in [2.24, 2.45) is 5.92 Å². The van der Waals surface area contributed by atoms with Gasteiger partial charge in [0.2, 0.25) is 0 Å². The van der Waals surface area contributed by atoms with E-state index in [9.17, 15) is 4.79 Å². The van der Waals surface area contributed by atoms with Crippen molar-refractivity contribution in [3.63, 3.8) is 0 Å². The molecule has 3 heterocycles. The van der Waals surface area contributed by atoms with Gasteiger partial charge >= 0.3 is 5.97 Å². The summed E-state index contributed by atoms with van der Waals surface area (Å²) in [6, 6.07) is 12.0. The fraction of sp³-hybridized carbons (Fsp3) is 0.296. The lowest BCUT2D eigenvalue weighted by Crippen LogP contribution is -2.07. The Kier molecular flexibility index (Phi) is 7.83. The molecule has 35 heavy (non-hydrogen) atoms. The average molecular weight is 508 g/mol. The highest BCUT2D eigenvalue weighted by atomic mass is 32.1. The molecule has 0 aliphatic carbocycles. The van der Waals surface area contributed by atoms with Crippen LogP contribution in [0.5, 0.6) is 5.75 Å². The number of anilines is 2. The largest absolute Gasteiger partial charge is 0.494 e. The maximum atomic E-state index is 12.6. The van der Waals surface area contributed by atoms with Crippen LogP contribution in [0, 0.1) is 12.8 Å². The first-order chi connectivity index (χ1) is 16.9. The molecule has 0 spiro atoms. The van der Waals surface area contributed by atoms with Gasteiger partial charge in [-0.1, -0.05) is 32.0 Å². The second kappa shape index (κ2) is 11.0. The molecule has 0 saturated heterocycles. The molecule has 6 nitrogen and oxygen atoms in total. The first kappa shape index (κ1) is 24.9. The van der Waals surface area contributed by atoms with E-state index in [1.165, 1.54) is 12.0 Å². The smallest absolute Gasteiger partial charge is 0.341 e. The van der Waals surface area contributed by atoms with Gasteiger partial charge in [0.25, 0.3) is 0 Å². The van der Waals surface area contributed by atoms with Crippen LogP contribution in [-0.2, 0) is 11.2 Å². The number of hydrogen-bond donors (Lipinski definition) is 1. The zero-order valence-electron chi connectivity index (χ0n) is 20.5. The van der Waals surface area contributed by atoms with Crippen molar-refractivity contribution < 1.29 is 14.3 Å². The van der Waals surface area contributed by atoms with Crippen molar-refractivity contribution in [2.45, 2.75) is 34.1 Å². The lowest BCUT2D eigenvalue weighted by atomic mass is 10.0. The number of nitrogens with one attached hydrogen (secondary N) is 1. The number of pyridine rings is 1. The Balaban J connectivity index is 1.73. The van der Waals surface area contributed by atoms with Crippen LogP contribution in [0.1, 0.15) is 41.6 Å². The van der Waals surface area contributed by atoms with Gasteiger partial charge in [-0.3, -0.25) is 0 Å². The van der Waals surface area contributed by atoms with E-state index in [2.05, 4.69) is 42.3 Å². The van der Waals surface area contributed by atoms with Crippen molar-refractivity contribution in [3.05, 3.63) is 64.0 Å². The molecular weight excluding hydrogens is 478 g/mol. The monoisotopic (exact) mass is 507 g/mol. The Morgan fingerprint density at radius 1 is 1.17 bits per heavy atom. The topological polar surface area (TPSA) is 73.3 Å². The van der Waals surface area contributed by atoms with E-state index in [-0.39, 0.29) is 0 Å². The SMILES string of the molecule is CCOc1cc(-c2nc(Nc3ncc(-c4cccs4)cc3C(=O)OC)sc2CC(C)C)ccc1C. The highest BCUT2D eigenvalue weighted by Crippen LogP contribution is 2.37. The molecule has 3 aromatic heterocycles. The fourth-order valence-electron chi connectivity index (χ4n) is 3.71. The molecule has 4 aromatic rings. The maximum absolute atomic E-state index is 12.6. The van der Waals surface area contributed by atoms with Gasteiger partial charge in [0.05, 0.1) is 19.4 Å². The normalized spacial score (nSPS) is 11.0. The molecule has 0 amide bonds. The highest BCUT2D eigenvalue weighted by molar-refractivity contribution is 7.16. The Morgan fingerprint density at radius 2 is 2.00 bits per heavy atom. The zero-order valence-corrected chi connectivity index (χ0v) is 22.2. The molecule has 0 atom stereocenters. The minimum absolute atomic E-state index is 0.370. The van der Waals surface area contributed by atoms with Crippen molar-refractivity contribution >= 4 is 39.6 Å². The van der Waals surface area contributed by atoms with Gasteiger partial charge < -0.3 is 14.8 Å². The maximum Gasteiger partial charge on any atom is 0.341 e. The molecule has 182 valence electrons. The number of rotatable bonds is 9. The number of aryl methyl sites for hydroxylation is 1. The molecule has 0 radical (unpaired) electrons. The van der Waals surface area contributed by atoms with Gasteiger partial charge in [-0.05, 0) is 55.3 Å². The average Bonchev–Trinajstić information content (AvgIpc) is 3.51. The number of nitrogens with zero attached hydrogens (tertiary/aromatic N) is 2. The molecule has 8 heteroatoms. The van der Waals surface area contributed by atoms with Crippen molar-refractivity contribution in [1.29, 1.82) is 0 Å². The third-order valence-corrected chi connectivity index (χ3v) is 7.29. The van der Waals surface area contributed by atoms with Crippen LogP contribution in [0.2, 0.25) is 0 Å². The number of carbonyl (C=O) groups excluding carboxylic acids is 1. The molecular formula is C27H29N3O3S2. The molecule has 0 aliphatic rings. The quantitative estimate of drug-likeness (QED) is 0.238. The number of methoxy groups -OCH3 is 1. The lowest BCUT2D eigenvalue weighted by molar-refractivity contribution is 0.0601. The third-order valence-electron chi connectivity index (χ3n) is 5.38. The van der Waals surface area contributed by atoms with Crippen LogP contribution >= 0.6 is 22.7 Å². The minimum Gasteiger partial charge on any atom is -0.494 e. The number of aromatic nitrogens is 2. The summed E-state index contributed by atoms with van der Waals surface area (Å²) in [5, 5.41) is 5.95. The van der Waals surface area contributed by atoms with Crippen LogP contribution < -0.4 is 10.1 Å². The van der Waals surface area contributed by atoms with Crippen LogP contribution in [0.25, 0.3) is 21.7 Å². The predicted molar refractivity (Wildman–Crippen MR) is 144 cm³/mol. The molecule has 0 fully saturated rings. The summed E-state index contributed by atoms with van der Waals surface area (Å²) < 4.78 is 10.9. The van der Waals surface area contributed by atoms with E-state index in [0.717, 1.165) is 39.4 Å². The van der Waals surface area contributed by atoms with Crippen LogP contribution in [-0.4, -0.2) is 29.7 Å². The molecule has 0 bridgehead atoms. The summed E-state index contributed by atoms with van der Waals surface area (Å²) in [6.07, 6.45) is 2.65. The lowest BCUT2D eigenvalue weighted by Gasteiger charge is -2.10. The molecule has 0 aliphatic heterocycles. The second-order valence-corrected chi connectivity index (χ2v) is 10.5. The van der Waals surface area contributed by atoms with Crippen molar-refractivity contribution in [3.8, 4) is 27.4 Å². The molecule has 1 aromatic carbocycles. The van der Waals surface area contributed by atoms with Crippen LogP contribution in [0.4, 0.5) is 10.9 Å². The van der Waals surface area contributed by atoms with E-state index >= 15 is 0 Å². The van der Waals surface area contributed by atoms with Gasteiger partial charge in [-0.2, -0.15) is 0 Å². The van der Waals surface area contributed by atoms with Crippen molar-refractivity contribution in [2.75, 3.05) is 19.0 Å². The third kappa shape index (κ3) is 5.71. The summed E-state index contributed by atoms with van der Waals surface area (Å²) in [6.45, 7) is 9.01. The highest BCUT2D eigenvalue weighted by Gasteiger charge is 2.20. The first-order valence-corrected chi connectivity index (χ1v) is 13.2. The van der Waals surface area contributed by atoms with E-state index in [1.807, 2.05) is 37.4 Å². The molecule has 1 N–H and O–H groups in total. The first-order valence-electron chi connectivity index (χ1n) is 11.5. The van der Waals surface area contributed by atoms with Crippen molar-refractivity contribution in [1.82, 2.24) is 9.97 Å². The predicted octanol–water partition coefficient (Wildman–Crippen LogP) is 7.37. The number of thiazole rings is 1. The number of carbonyl (C=O) groups is 1. The number of esters is 1. The molecule has 0 unspecified atom stereocenters. The second-order valence-electron chi connectivity index (χ2n) is 8.52. The van der Waals surface area contributed by atoms with E-state index in [0.29, 0.717) is 29.0 Å². The molecule has 4 rings (SSSR count). The van der Waals surface area contributed by atoms with Crippen LogP contribution in [0.15, 0.2) is 48.0 Å². The Morgan fingerprint density at radius 3 is 2.69 bits per heavy atom. The van der Waals surface area contributed by atoms with E-state index < -0.39 is 5.97 Å². The number of hydrogen-bond acceptors (Lipinski definition) is 8. The fourth-order valence-corrected chi connectivity index (χ4v) is 5.61. The number of thiophene rings is 1. The van der Waals surface area contributed by atoms with Gasteiger partial charge in [0.1, 0.15) is 17.1 Å². The van der Waals surface area contributed by atoms with Crippen LogP contribution in [0.3, 0.4) is 0 Å². The number of ether oxygens (including phenoxy) is 2. The zero-order chi connectivity index (χ0) is 24.9. The Bertz CT molecular complexity index is 1310. The summed E-state index contributed by atoms with van der Waals surface area (Å²) >= 11 is 3.17. The van der Waals surface area contributed by atoms with E-state index in [1.54, 1.807) is 28.9 Å². The van der Waals surface area contributed by atoms with E-state index in [4.69, 9.17) is 14.5 Å². The Labute approximate surface area is 214 Å². The van der Waals surface area contributed by atoms with Gasteiger partial charge in [-0.15, -0.1) is 22.7 Å². The summed E-state index contributed by atoms with van der Waals surface area (Å²) in [5.74, 6) is 1.31. The molecule has 0 saturated carbocycles. The standard InChI is InChI=1S/C27H29N3O3S2/c1-6-33-21-14-18(10-9-17(21)4)24-23(12-16(2)3)35-27(29-24)30-25-20(26(31)32-5)13-19(15-28-25)22-8-7-11-34-22/h7-11,13-16H,6,12H2,1-5H3,(H,28,29,30). The summed E-state index contributed by atoms with van der Waals surface area (Å²) in [5.41, 5.74) is 4.26. The summed E-state index contributed by atoms with van der Waals surface area (Å²) in [4.78, 5) is 24.3. The number of benzene rings is 1. The summed E-state index contributed by atoms with van der Waals surface area (Å²) in [7, 11) is 1.37. The van der Waals surface area contributed by atoms with Gasteiger partial charge in [0.15, 0.2) is 5.13 Å². The Hall–Kier alpha value is -3.23. The minimum atomic E-state index is -0.447.